The van der Waals surface area contributed by atoms with Crippen molar-refractivity contribution in [2.45, 2.75) is 37.8 Å². The molecule has 2 aliphatic rings. The molecule has 2 N–H and O–H groups in total. The van der Waals surface area contributed by atoms with E-state index in [0.29, 0.717) is 12.1 Å². The van der Waals surface area contributed by atoms with Gasteiger partial charge in [0, 0.05) is 12.1 Å². The van der Waals surface area contributed by atoms with Crippen molar-refractivity contribution in [2.24, 2.45) is 0 Å². The number of nitrogens with one attached hydrogen (secondary N) is 2. The lowest BCUT2D eigenvalue weighted by molar-refractivity contribution is 0.825. The quantitative estimate of drug-likeness (QED) is 0.578. The fraction of sp³-hybridized carbons (Fsp3) is 0.857. The van der Waals surface area contributed by atoms with Crippen LogP contribution in [-0.2, 0) is 0 Å². The van der Waals surface area contributed by atoms with Gasteiger partial charge in [-0.1, -0.05) is 0 Å². The average Bonchev–Trinajstić information content (AvgIpc) is 2.59. The molecular weight excluding hydrogens is 144 g/mol. The van der Waals surface area contributed by atoms with Crippen molar-refractivity contribution in [3.8, 4) is 0 Å². The Morgan fingerprint density at radius 1 is 1.00 bits per heavy atom. The number of rotatable bonds is 2. The molecule has 2 aliphatic carbocycles. The fourth-order valence-corrected chi connectivity index (χ4v) is 1.20. The second kappa shape index (κ2) is 2.38. The molecule has 0 spiro atoms. The van der Waals surface area contributed by atoms with Crippen LogP contribution in [0.2, 0.25) is 0 Å². The minimum Gasteiger partial charge on any atom is -0.360 e. The van der Waals surface area contributed by atoms with Gasteiger partial charge >= 0.3 is 0 Å². The number of thiocarbonyl (C=S) groups is 1. The molecule has 0 aromatic carbocycles. The molecule has 0 aromatic heterocycles. The minimum absolute atomic E-state index is 0.693. The second-order valence-corrected chi connectivity index (χ2v) is 3.57. The summed E-state index contributed by atoms with van der Waals surface area (Å²) in [5, 5.41) is 7.36. The van der Waals surface area contributed by atoms with Crippen LogP contribution in [0.3, 0.4) is 0 Å². The van der Waals surface area contributed by atoms with Gasteiger partial charge in [-0.3, -0.25) is 0 Å². The third-order valence-corrected chi connectivity index (χ3v) is 2.06. The van der Waals surface area contributed by atoms with E-state index >= 15 is 0 Å². The maximum Gasteiger partial charge on any atom is 0.166 e. The summed E-state index contributed by atoms with van der Waals surface area (Å²) in [7, 11) is 0. The molecule has 0 heterocycles. The second-order valence-electron chi connectivity index (χ2n) is 3.17. The summed E-state index contributed by atoms with van der Waals surface area (Å²) in [6.45, 7) is 0. The van der Waals surface area contributed by atoms with Gasteiger partial charge in [0.25, 0.3) is 0 Å². The highest BCUT2D eigenvalue weighted by molar-refractivity contribution is 7.80. The van der Waals surface area contributed by atoms with Gasteiger partial charge in [0.05, 0.1) is 0 Å². The molecule has 10 heavy (non-hydrogen) atoms. The van der Waals surface area contributed by atoms with Gasteiger partial charge in [-0.25, -0.2) is 0 Å². The van der Waals surface area contributed by atoms with E-state index in [4.69, 9.17) is 12.2 Å². The molecule has 0 bridgehead atoms. The molecule has 0 saturated heterocycles. The normalized spacial score (nSPS) is 24.0. The van der Waals surface area contributed by atoms with E-state index in [1.165, 1.54) is 25.7 Å². The number of hydrogen-bond acceptors (Lipinski definition) is 1. The first kappa shape index (κ1) is 6.40. The monoisotopic (exact) mass is 156 g/mol. The van der Waals surface area contributed by atoms with Gasteiger partial charge in [0.1, 0.15) is 0 Å². The Kier molecular flexibility index (Phi) is 1.52. The molecule has 2 rings (SSSR count). The van der Waals surface area contributed by atoms with Gasteiger partial charge in [0.15, 0.2) is 5.11 Å². The third kappa shape index (κ3) is 1.84. The predicted molar refractivity (Wildman–Crippen MR) is 44.9 cm³/mol. The van der Waals surface area contributed by atoms with Crippen molar-refractivity contribution in [1.82, 2.24) is 10.6 Å². The SMILES string of the molecule is S=C(NC1CC1)NC1CC1. The van der Waals surface area contributed by atoms with Crippen LogP contribution in [0.4, 0.5) is 0 Å². The molecule has 2 fully saturated rings. The van der Waals surface area contributed by atoms with Gasteiger partial charge < -0.3 is 10.6 Å². The average molecular weight is 156 g/mol. The van der Waals surface area contributed by atoms with Crippen molar-refractivity contribution in [3.05, 3.63) is 0 Å². The van der Waals surface area contributed by atoms with Gasteiger partial charge in [-0.2, -0.15) is 0 Å². The Labute approximate surface area is 66.4 Å². The standard InChI is InChI=1S/C7H12N2S/c10-7(8-5-1-2-5)9-6-3-4-6/h5-6H,1-4H2,(H2,8,9,10). The van der Waals surface area contributed by atoms with Crippen LogP contribution in [0.1, 0.15) is 25.7 Å². The van der Waals surface area contributed by atoms with Gasteiger partial charge in [-0.15, -0.1) is 0 Å². The van der Waals surface area contributed by atoms with E-state index in [-0.39, 0.29) is 0 Å². The van der Waals surface area contributed by atoms with Crippen LogP contribution < -0.4 is 10.6 Å². The van der Waals surface area contributed by atoms with E-state index < -0.39 is 0 Å². The zero-order valence-corrected chi connectivity index (χ0v) is 6.71. The van der Waals surface area contributed by atoms with Crippen molar-refractivity contribution in [1.29, 1.82) is 0 Å². The summed E-state index contributed by atoms with van der Waals surface area (Å²) in [5.41, 5.74) is 0. The zero-order chi connectivity index (χ0) is 6.97. The van der Waals surface area contributed by atoms with Crippen LogP contribution in [0, 0.1) is 0 Å². The summed E-state index contributed by atoms with van der Waals surface area (Å²) in [5.74, 6) is 0. The molecular formula is C7H12N2S. The highest BCUT2D eigenvalue weighted by Gasteiger charge is 2.25. The molecule has 0 aliphatic heterocycles. The van der Waals surface area contributed by atoms with E-state index in [2.05, 4.69) is 10.6 Å². The molecule has 0 aromatic rings. The Morgan fingerprint density at radius 3 is 1.70 bits per heavy atom. The van der Waals surface area contributed by atoms with Crippen LogP contribution in [0.15, 0.2) is 0 Å². The van der Waals surface area contributed by atoms with E-state index in [0.717, 1.165) is 5.11 Å². The van der Waals surface area contributed by atoms with Crippen LogP contribution in [-0.4, -0.2) is 17.2 Å². The first-order valence-corrected chi connectivity index (χ1v) is 4.32. The van der Waals surface area contributed by atoms with E-state index in [1.807, 2.05) is 0 Å². The van der Waals surface area contributed by atoms with Gasteiger partial charge in [0.2, 0.25) is 0 Å². The Bertz CT molecular complexity index is 134. The summed E-state index contributed by atoms with van der Waals surface area (Å²) in [4.78, 5) is 0. The molecule has 56 valence electrons. The van der Waals surface area contributed by atoms with E-state index in [9.17, 15) is 0 Å². The first-order chi connectivity index (χ1) is 4.84. The molecule has 0 amide bonds. The first-order valence-electron chi connectivity index (χ1n) is 3.91. The summed E-state index contributed by atoms with van der Waals surface area (Å²) in [6, 6.07) is 1.39. The molecule has 0 unspecified atom stereocenters. The third-order valence-electron chi connectivity index (χ3n) is 1.83. The molecule has 2 nitrogen and oxygen atoms in total. The highest BCUT2D eigenvalue weighted by atomic mass is 32.1. The molecule has 3 heteroatoms. The molecule has 0 atom stereocenters. The Balaban J connectivity index is 1.64. The van der Waals surface area contributed by atoms with Crippen LogP contribution in [0.25, 0.3) is 0 Å². The van der Waals surface area contributed by atoms with Crippen LogP contribution >= 0.6 is 12.2 Å². The lowest BCUT2D eigenvalue weighted by Crippen LogP contribution is -2.37. The molecule has 2 saturated carbocycles. The zero-order valence-electron chi connectivity index (χ0n) is 5.89. The lowest BCUT2D eigenvalue weighted by Gasteiger charge is -2.06. The predicted octanol–water partition coefficient (Wildman–Crippen LogP) is 0.775. The van der Waals surface area contributed by atoms with Crippen molar-refractivity contribution >= 4 is 17.3 Å². The topological polar surface area (TPSA) is 24.1 Å². The van der Waals surface area contributed by atoms with Crippen LogP contribution in [0.5, 0.6) is 0 Å². The smallest absolute Gasteiger partial charge is 0.166 e. The maximum atomic E-state index is 5.06. The number of hydrogen-bond donors (Lipinski definition) is 2. The van der Waals surface area contributed by atoms with Crippen molar-refractivity contribution < 1.29 is 0 Å². The molecule has 0 radical (unpaired) electrons. The lowest BCUT2D eigenvalue weighted by atomic mass is 10.6. The minimum atomic E-state index is 0.693. The summed E-state index contributed by atoms with van der Waals surface area (Å²) in [6.07, 6.45) is 5.19. The van der Waals surface area contributed by atoms with Crippen molar-refractivity contribution in [2.75, 3.05) is 0 Å². The Morgan fingerprint density at radius 2 is 1.40 bits per heavy atom. The van der Waals surface area contributed by atoms with Crippen molar-refractivity contribution in [3.63, 3.8) is 0 Å². The summed E-state index contributed by atoms with van der Waals surface area (Å²) >= 11 is 5.06. The fourth-order valence-electron chi connectivity index (χ4n) is 0.868. The maximum absolute atomic E-state index is 5.06. The largest absolute Gasteiger partial charge is 0.360 e. The summed E-state index contributed by atoms with van der Waals surface area (Å²) < 4.78 is 0. The van der Waals surface area contributed by atoms with E-state index in [1.54, 1.807) is 0 Å². The Hall–Kier alpha value is -0.310. The van der Waals surface area contributed by atoms with Gasteiger partial charge in [-0.05, 0) is 37.9 Å². The highest BCUT2D eigenvalue weighted by Crippen LogP contribution is 2.20.